The Morgan fingerprint density at radius 2 is 1.70 bits per heavy atom. The van der Waals surface area contributed by atoms with Crippen LogP contribution < -0.4 is 0 Å². The van der Waals surface area contributed by atoms with Crippen LogP contribution in [-0.4, -0.2) is 58.4 Å². The topological polar surface area (TPSA) is 62.5 Å². The normalized spacial score (nSPS) is 18.5. The third-order valence-corrected chi connectivity index (χ3v) is 7.80. The molecule has 6 nitrogen and oxygen atoms in total. The van der Waals surface area contributed by atoms with Gasteiger partial charge in [-0.15, -0.1) is 0 Å². The van der Waals surface area contributed by atoms with E-state index in [1.54, 1.807) is 12.4 Å². The molecule has 0 N–H and O–H groups in total. The number of hydrogen-bond donors (Lipinski definition) is 0. The molecule has 5 rings (SSSR count). The molecule has 0 radical (unpaired) electrons. The van der Waals surface area contributed by atoms with Crippen LogP contribution >= 0.6 is 11.8 Å². The van der Waals surface area contributed by atoms with Crippen molar-refractivity contribution in [3.63, 3.8) is 0 Å². The average molecular weight is 465 g/mol. The van der Waals surface area contributed by atoms with Crippen molar-refractivity contribution < 1.29 is 9.21 Å². The molecule has 0 spiro atoms. The van der Waals surface area contributed by atoms with Crippen LogP contribution in [0.1, 0.15) is 54.6 Å². The van der Waals surface area contributed by atoms with E-state index in [9.17, 15) is 4.79 Å². The minimum absolute atomic E-state index is 0.0176. The molecule has 7 heteroatoms. The summed E-state index contributed by atoms with van der Waals surface area (Å²) in [6.07, 6.45) is 11.0. The van der Waals surface area contributed by atoms with Gasteiger partial charge in [0.1, 0.15) is 5.58 Å². The molecule has 0 saturated carbocycles. The molecule has 174 valence electrons. The van der Waals surface area contributed by atoms with E-state index in [4.69, 9.17) is 4.42 Å². The molecular weight excluding hydrogens is 432 g/mol. The van der Waals surface area contributed by atoms with Gasteiger partial charge in [-0.25, -0.2) is 9.97 Å². The zero-order valence-electron chi connectivity index (χ0n) is 19.1. The van der Waals surface area contributed by atoms with Gasteiger partial charge in [-0.3, -0.25) is 4.79 Å². The van der Waals surface area contributed by atoms with Crippen LogP contribution in [0, 0.1) is 5.92 Å². The summed E-state index contributed by atoms with van der Waals surface area (Å²) in [5.41, 5.74) is 1.71. The average Bonchev–Trinajstić information content (AvgIpc) is 3.03. The maximum absolute atomic E-state index is 13.5. The summed E-state index contributed by atoms with van der Waals surface area (Å²) in [5.74, 6) is 1.79. The highest BCUT2D eigenvalue weighted by Gasteiger charge is 2.29. The van der Waals surface area contributed by atoms with Gasteiger partial charge in [0.15, 0.2) is 10.9 Å². The number of amides is 1. The van der Waals surface area contributed by atoms with Gasteiger partial charge in [-0.2, -0.15) is 0 Å². The predicted molar refractivity (Wildman–Crippen MR) is 131 cm³/mol. The van der Waals surface area contributed by atoms with Gasteiger partial charge in [0, 0.05) is 48.7 Å². The highest BCUT2D eigenvalue weighted by atomic mass is 32.2. The molecule has 33 heavy (non-hydrogen) atoms. The number of rotatable bonds is 6. The molecule has 2 aromatic heterocycles. The fraction of sp³-hybridized carbons (Fsp3) is 0.500. The summed E-state index contributed by atoms with van der Waals surface area (Å²) < 4.78 is 6.11. The second-order valence-corrected chi connectivity index (χ2v) is 10.1. The van der Waals surface area contributed by atoms with Crippen molar-refractivity contribution in [2.24, 2.45) is 5.92 Å². The molecule has 4 heterocycles. The fourth-order valence-electron chi connectivity index (χ4n) is 5.06. The number of likely N-dealkylation sites (tertiary alicyclic amines) is 2. The first-order chi connectivity index (χ1) is 16.3. The first kappa shape index (κ1) is 22.4. The van der Waals surface area contributed by atoms with E-state index in [2.05, 4.69) is 14.9 Å². The number of carbonyl (C=O) groups is 1. The van der Waals surface area contributed by atoms with Gasteiger partial charge >= 0.3 is 0 Å². The lowest BCUT2D eigenvalue weighted by Gasteiger charge is -2.34. The first-order valence-electron chi connectivity index (χ1n) is 12.2. The second kappa shape index (κ2) is 10.7. The fourth-order valence-corrected chi connectivity index (χ4v) is 5.89. The maximum atomic E-state index is 13.5. The Hall–Kier alpha value is -2.38. The Labute approximate surface area is 199 Å². The van der Waals surface area contributed by atoms with Crippen molar-refractivity contribution in [1.82, 2.24) is 19.8 Å². The largest absolute Gasteiger partial charge is 0.451 e. The number of nitrogens with zero attached hydrogens (tertiary/aromatic N) is 4. The third-order valence-electron chi connectivity index (χ3n) is 6.90. The van der Waals surface area contributed by atoms with Gasteiger partial charge in [-0.05, 0) is 56.8 Å². The lowest BCUT2D eigenvalue weighted by atomic mass is 9.95. The summed E-state index contributed by atoms with van der Waals surface area (Å²) in [5, 5.41) is 1.70. The maximum Gasteiger partial charge on any atom is 0.289 e. The molecule has 2 aliphatic rings. The first-order valence-corrected chi connectivity index (χ1v) is 13.2. The SMILES string of the molecule is O=C(c1oc2ccccc2c1CSc1ncccn1)N1CCC(CN2CCCCCC2)CC1. The van der Waals surface area contributed by atoms with Gasteiger partial charge in [0.25, 0.3) is 5.91 Å². The number of benzene rings is 1. The number of para-hydroxylation sites is 1. The van der Waals surface area contributed by atoms with E-state index in [1.165, 1.54) is 57.1 Å². The van der Waals surface area contributed by atoms with Crippen LogP contribution in [0.5, 0.6) is 0 Å². The summed E-state index contributed by atoms with van der Waals surface area (Å²) in [4.78, 5) is 26.8. The molecule has 2 aliphatic heterocycles. The van der Waals surface area contributed by atoms with Crippen LogP contribution in [0.15, 0.2) is 52.3 Å². The molecule has 0 unspecified atom stereocenters. The van der Waals surface area contributed by atoms with Crippen LogP contribution in [0.4, 0.5) is 0 Å². The second-order valence-electron chi connectivity index (χ2n) is 9.18. The number of piperidine rings is 1. The molecule has 0 atom stereocenters. The van der Waals surface area contributed by atoms with E-state index >= 15 is 0 Å². The summed E-state index contributed by atoms with van der Waals surface area (Å²) >= 11 is 1.53. The number of thioether (sulfide) groups is 1. The number of furan rings is 1. The van der Waals surface area contributed by atoms with Crippen molar-refractivity contribution in [2.75, 3.05) is 32.7 Å². The van der Waals surface area contributed by atoms with Crippen molar-refractivity contribution in [2.45, 2.75) is 49.4 Å². The molecule has 2 saturated heterocycles. The van der Waals surface area contributed by atoms with E-state index in [0.717, 1.165) is 42.5 Å². The van der Waals surface area contributed by atoms with E-state index in [0.29, 0.717) is 22.6 Å². The zero-order valence-corrected chi connectivity index (χ0v) is 19.9. The smallest absolute Gasteiger partial charge is 0.289 e. The Balaban J connectivity index is 1.26. The standard InChI is InChI=1S/C26H32N4O2S/c31-25(30-16-10-20(11-17-30)18-29-14-5-1-2-6-15-29)24-22(19-33-26-27-12-7-13-28-26)21-8-3-4-9-23(21)32-24/h3-4,7-9,12-13,20H,1-2,5-6,10-11,14-19H2. The van der Waals surface area contributed by atoms with Crippen LogP contribution in [0.25, 0.3) is 11.0 Å². The van der Waals surface area contributed by atoms with Crippen molar-refractivity contribution in [1.29, 1.82) is 0 Å². The molecule has 0 aliphatic carbocycles. The molecule has 2 fully saturated rings. The van der Waals surface area contributed by atoms with E-state index in [-0.39, 0.29) is 5.91 Å². The summed E-state index contributed by atoms with van der Waals surface area (Å²) in [7, 11) is 0. The van der Waals surface area contributed by atoms with Crippen molar-refractivity contribution in [3.8, 4) is 0 Å². The highest BCUT2D eigenvalue weighted by molar-refractivity contribution is 7.98. The third kappa shape index (κ3) is 5.41. The zero-order chi connectivity index (χ0) is 22.5. The number of aromatic nitrogens is 2. The van der Waals surface area contributed by atoms with Crippen molar-refractivity contribution in [3.05, 3.63) is 54.0 Å². The minimum Gasteiger partial charge on any atom is -0.451 e. The number of hydrogen-bond acceptors (Lipinski definition) is 6. The van der Waals surface area contributed by atoms with Gasteiger partial charge in [0.05, 0.1) is 0 Å². The highest BCUT2D eigenvalue weighted by Crippen LogP contribution is 2.32. The lowest BCUT2D eigenvalue weighted by Crippen LogP contribution is -2.42. The predicted octanol–water partition coefficient (Wildman–Crippen LogP) is 5.24. The molecule has 1 amide bonds. The Morgan fingerprint density at radius 3 is 2.45 bits per heavy atom. The number of fused-ring (bicyclic) bond motifs is 1. The lowest BCUT2D eigenvalue weighted by molar-refractivity contribution is 0.0638. The van der Waals surface area contributed by atoms with Crippen LogP contribution in [0.2, 0.25) is 0 Å². The Bertz CT molecular complexity index is 1050. The molecule has 1 aromatic carbocycles. The monoisotopic (exact) mass is 464 g/mol. The Kier molecular flexibility index (Phi) is 7.27. The van der Waals surface area contributed by atoms with Crippen molar-refractivity contribution >= 4 is 28.6 Å². The summed E-state index contributed by atoms with van der Waals surface area (Å²) in [6.45, 7) is 5.28. The van der Waals surface area contributed by atoms with Crippen LogP contribution in [0.3, 0.4) is 0 Å². The Morgan fingerprint density at radius 1 is 0.970 bits per heavy atom. The van der Waals surface area contributed by atoms with Gasteiger partial charge < -0.3 is 14.2 Å². The van der Waals surface area contributed by atoms with Crippen LogP contribution in [-0.2, 0) is 5.75 Å². The quantitative estimate of drug-likeness (QED) is 0.367. The molecular formula is C26H32N4O2S. The van der Waals surface area contributed by atoms with Gasteiger partial charge in [-0.1, -0.05) is 42.8 Å². The minimum atomic E-state index is 0.0176. The van der Waals surface area contributed by atoms with E-state index in [1.807, 2.05) is 35.2 Å². The molecule has 0 bridgehead atoms. The summed E-state index contributed by atoms with van der Waals surface area (Å²) in [6, 6.07) is 9.72. The number of carbonyl (C=O) groups excluding carboxylic acids is 1. The van der Waals surface area contributed by atoms with Gasteiger partial charge in [0.2, 0.25) is 0 Å². The van der Waals surface area contributed by atoms with E-state index < -0.39 is 0 Å². The molecule has 3 aromatic rings.